The Bertz CT molecular complexity index is 1030. The third-order valence-corrected chi connectivity index (χ3v) is 11.3. The van der Waals surface area contributed by atoms with Crippen molar-refractivity contribution in [2.24, 2.45) is 0 Å². The average molecular weight is 849 g/mol. The Kier molecular flexibility index (Phi) is 31.3. The second-order valence-electron chi connectivity index (χ2n) is 16.6. The van der Waals surface area contributed by atoms with E-state index in [0.717, 1.165) is 44.9 Å². The maximum Gasteiger partial charge on any atom is 0.306 e. The van der Waals surface area contributed by atoms with Crippen LogP contribution in [0.3, 0.4) is 0 Å². The zero-order chi connectivity index (χ0) is 43.1. The molecule has 14 heteroatoms. The molecule has 2 saturated heterocycles. The minimum absolute atomic E-state index is 0.0619. The molecule has 0 radical (unpaired) electrons. The summed E-state index contributed by atoms with van der Waals surface area (Å²) in [5.41, 5.74) is 0. The van der Waals surface area contributed by atoms with Crippen molar-refractivity contribution in [2.45, 2.75) is 235 Å². The predicted molar refractivity (Wildman–Crippen MR) is 224 cm³/mol. The molecule has 2 fully saturated rings. The lowest BCUT2D eigenvalue weighted by atomic mass is 9.98. The summed E-state index contributed by atoms with van der Waals surface area (Å²) in [6.07, 6.45) is 15.6. The molecule has 0 bridgehead atoms. The van der Waals surface area contributed by atoms with Crippen LogP contribution in [0.1, 0.15) is 168 Å². The summed E-state index contributed by atoms with van der Waals surface area (Å²) in [7, 11) is 0. The first-order valence-electron chi connectivity index (χ1n) is 23.3. The molecule has 59 heavy (non-hydrogen) atoms. The van der Waals surface area contributed by atoms with E-state index in [1.807, 2.05) is 0 Å². The Hall–Kier alpha value is -1.27. The van der Waals surface area contributed by atoms with Crippen LogP contribution in [0.15, 0.2) is 12.2 Å². The number of hydrogen-bond acceptors (Lipinski definition) is 14. The van der Waals surface area contributed by atoms with E-state index in [1.54, 1.807) is 0 Å². The Labute approximate surface area is 354 Å². The maximum atomic E-state index is 12.9. The van der Waals surface area contributed by atoms with Crippen LogP contribution < -0.4 is 0 Å². The highest BCUT2D eigenvalue weighted by Crippen LogP contribution is 2.26. The van der Waals surface area contributed by atoms with E-state index < -0.39 is 80.7 Å². The molecule has 0 spiro atoms. The van der Waals surface area contributed by atoms with Crippen LogP contribution >= 0.6 is 0 Å². The zero-order valence-electron chi connectivity index (χ0n) is 36.5. The van der Waals surface area contributed by atoms with Crippen LogP contribution in [0.4, 0.5) is 0 Å². The smallest absolute Gasteiger partial charge is 0.306 e. The number of rotatable bonds is 36. The summed E-state index contributed by atoms with van der Waals surface area (Å²) in [4.78, 5) is 12.9. The van der Waals surface area contributed by atoms with Crippen molar-refractivity contribution in [3.63, 3.8) is 0 Å². The summed E-state index contributed by atoms with van der Waals surface area (Å²) < 4.78 is 34.1. The number of carbonyl (C=O) groups is 1. The average Bonchev–Trinajstić information content (AvgIpc) is 3.23. The van der Waals surface area contributed by atoms with Gasteiger partial charge in [-0.3, -0.25) is 4.79 Å². The molecule has 14 nitrogen and oxygen atoms in total. The summed E-state index contributed by atoms with van der Waals surface area (Å²) in [5, 5.41) is 71.9. The third kappa shape index (κ3) is 23.1. The standard InChI is InChI=1S/C45H84O14/c1-3-5-7-9-11-13-15-17-19-21-23-25-27-29-54-31-34(57-37(47)28-26-24-22-20-18-16-14-12-10-8-6-4-2)32-55-44-43(53)41(51)39(49)36(59-44)33-56-45-42(52)40(50)38(48)35(30-46)58-45/h11,13,34-36,38-46,48-53H,3-10,12,14-33H2,1-2H3/b13-11-. The number of esters is 1. The largest absolute Gasteiger partial charge is 0.457 e. The fourth-order valence-corrected chi connectivity index (χ4v) is 7.40. The van der Waals surface area contributed by atoms with Gasteiger partial charge >= 0.3 is 5.97 Å². The number of hydrogen-bond donors (Lipinski definition) is 7. The molecule has 2 aliphatic rings. The number of ether oxygens (including phenoxy) is 6. The fourth-order valence-electron chi connectivity index (χ4n) is 7.40. The second kappa shape index (κ2) is 34.2. The Balaban J connectivity index is 1.81. The molecular weight excluding hydrogens is 764 g/mol. The van der Waals surface area contributed by atoms with E-state index in [1.165, 1.54) is 96.3 Å². The molecule has 2 rings (SSSR count). The number of unbranched alkanes of at least 4 members (excludes halogenated alkanes) is 20. The van der Waals surface area contributed by atoms with Crippen LogP contribution in [0.2, 0.25) is 0 Å². The molecule has 2 aliphatic heterocycles. The maximum absolute atomic E-state index is 12.9. The molecule has 0 amide bonds. The highest BCUT2D eigenvalue weighted by molar-refractivity contribution is 5.69. The van der Waals surface area contributed by atoms with Crippen molar-refractivity contribution in [1.29, 1.82) is 0 Å². The summed E-state index contributed by atoms with van der Waals surface area (Å²) in [6, 6.07) is 0. The van der Waals surface area contributed by atoms with Gasteiger partial charge in [-0.15, -0.1) is 0 Å². The molecule has 0 aromatic carbocycles. The van der Waals surface area contributed by atoms with Crippen LogP contribution in [0.25, 0.3) is 0 Å². The van der Waals surface area contributed by atoms with Crippen molar-refractivity contribution < 1.29 is 69.0 Å². The summed E-state index contributed by atoms with van der Waals surface area (Å²) in [5.74, 6) is -0.378. The van der Waals surface area contributed by atoms with E-state index in [-0.39, 0.29) is 25.6 Å². The molecule has 11 atom stereocenters. The van der Waals surface area contributed by atoms with Gasteiger partial charge in [0.2, 0.25) is 0 Å². The van der Waals surface area contributed by atoms with Crippen LogP contribution in [0.5, 0.6) is 0 Å². The minimum Gasteiger partial charge on any atom is -0.457 e. The second-order valence-corrected chi connectivity index (χ2v) is 16.6. The Morgan fingerprint density at radius 3 is 1.58 bits per heavy atom. The SMILES string of the molecule is CCCCC/C=C\CCCCCCCCOCC(COC1OC(COC2OC(CO)C(O)C(O)C2O)C(O)C(O)C1O)OC(=O)CCCCCCCCCCCCCC. The van der Waals surface area contributed by atoms with E-state index in [9.17, 15) is 40.5 Å². The van der Waals surface area contributed by atoms with Crippen LogP contribution in [-0.2, 0) is 33.2 Å². The molecule has 0 saturated carbocycles. The normalized spacial score (nSPS) is 28.0. The van der Waals surface area contributed by atoms with Gasteiger partial charge in [0.1, 0.15) is 54.9 Å². The van der Waals surface area contributed by atoms with E-state index in [2.05, 4.69) is 26.0 Å². The lowest BCUT2D eigenvalue weighted by molar-refractivity contribution is -0.332. The molecule has 7 N–H and O–H groups in total. The molecule has 0 aromatic rings. The van der Waals surface area contributed by atoms with Gasteiger partial charge in [0.15, 0.2) is 12.6 Å². The third-order valence-electron chi connectivity index (χ3n) is 11.3. The Morgan fingerprint density at radius 2 is 1.00 bits per heavy atom. The fraction of sp³-hybridized carbons (Fsp3) is 0.933. The van der Waals surface area contributed by atoms with Gasteiger partial charge in [0, 0.05) is 13.0 Å². The molecule has 0 aromatic heterocycles. The molecular formula is C45H84O14. The van der Waals surface area contributed by atoms with Crippen molar-refractivity contribution >= 4 is 5.97 Å². The van der Waals surface area contributed by atoms with Gasteiger partial charge in [-0.1, -0.05) is 135 Å². The van der Waals surface area contributed by atoms with E-state index in [0.29, 0.717) is 13.0 Å². The number of allylic oxidation sites excluding steroid dienone is 2. The van der Waals surface area contributed by atoms with Gasteiger partial charge in [-0.2, -0.15) is 0 Å². The van der Waals surface area contributed by atoms with E-state index >= 15 is 0 Å². The molecule has 11 unspecified atom stereocenters. The van der Waals surface area contributed by atoms with Gasteiger partial charge in [-0.25, -0.2) is 0 Å². The first kappa shape index (κ1) is 53.9. The molecule has 0 aliphatic carbocycles. The minimum atomic E-state index is -1.70. The summed E-state index contributed by atoms with van der Waals surface area (Å²) >= 11 is 0. The van der Waals surface area contributed by atoms with Crippen LogP contribution in [0, 0.1) is 0 Å². The first-order chi connectivity index (χ1) is 28.6. The zero-order valence-corrected chi connectivity index (χ0v) is 36.5. The van der Waals surface area contributed by atoms with Gasteiger partial charge in [0.25, 0.3) is 0 Å². The van der Waals surface area contributed by atoms with Crippen LogP contribution in [-0.4, -0.2) is 142 Å². The van der Waals surface area contributed by atoms with Crippen molar-refractivity contribution in [2.75, 3.05) is 33.0 Å². The highest BCUT2D eigenvalue weighted by Gasteiger charge is 2.47. The van der Waals surface area contributed by atoms with Gasteiger partial charge in [-0.05, 0) is 38.5 Å². The lowest BCUT2D eigenvalue weighted by Crippen LogP contribution is -2.61. The number of aliphatic hydroxyl groups excluding tert-OH is 7. The summed E-state index contributed by atoms with van der Waals surface area (Å²) in [6.45, 7) is 3.65. The molecule has 348 valence electrons. The highest BCUT2D eigenvalue weighted by atomic mass is 16.7. The quantitative estimate of drug-likeness (QED) is 0.0235. The van der Waals surface area contributed by atoms with Crippen molar-refractivity contribution in [3.8, 4) is 0 Å². The predicted octanol–water partition coefficient (Wildman–Crippen LogP) is 5.51. The van der Waals surface area contributed by atoms with Gasteiger partial charge < -0.3 is 64.2 Å². The molecule has 2 heterocycles. The number of carbonyl (C=O) groups excluding carboxylic acids is 1. The van der Waals surface area contributed by atoms with Gasteiger partial charge in [0.05, 0.1) is 26.4 Å². The number of aliphatic hydroxyl groups is 7. The monoisotopic (exact) mass is 849 g/mol. The van der Waals surface area contributed by atoms with Crippen molar-refractivity contribution in [3.05, 3.63) is 12.2 Å². The van der Waals surface area contributed by atoms with E-state index in [4.69, 9.17) is 28.4 Å². The topological polar surface area (TPSA) is 214 Å². The Morgan fingerprint density at radius 1 is 0.542 bits per heavy atom. The van der Waals surface area contributed by atoms with Crippen molar-refractivity contribution in [1.82, 2.24) is 0 Å². The lowest BCUT2D eigenvalue weighted by Gasteiger charge is -2.42. The first-order valence-corrected chi connectivity index (χ1v) is 23.3.